The van der Waals surface area contributed by atoms with Gasteiger partial charge in [-0.1, -0.05) is 28.1 Å². The van der Waals surface area contributed by atoms with E-state index in [1.165, 1.54) is 0 Å². The van der Waals surface area contributed by atoms with E-state index < -0.39 is 11.7 Å². The van der Waals surface area contributed by atoms with Crippen LogP contribution in [-0.4, -0.2) is 18.2 Å². The standard InChI is InChI=1S/C13H19BrN2O2/c1-13(2,3)18-12(17)16-11(8-15)9-4-6-10(14)7-5-9/h4-7,11H,8,15H2,1-3H3,(H,16,17). The van der Waals surface area contributed by atoms with E-state index in [-0.39, 0.29) is 6.04 Å². The van der Waals surface area contributed by atoms with Gasteiger partial charge in [-0.25, -0.2) is 4.79 Å². The van der Waals surface area contributed by atoms with E-state index in [2.05, 4.69) is 21.2 Å². The number of halogens is 1. The molecular weight excluding hydrogens is 296 g/mol. The predicted octanol–water partition coefficient (Wildman–Crippen LogP) is 2.97. The molecule has 0 spiro atoms. The van der Waals surface area contributed by atoms with Gasteiger partial charge in [0.2, 0.25) is 0 Å². The molecule has 1 rings (SSSR count). The van der Waals surface area contributed by atoms with Crippen molar-refractivity contribution < 1.29 is 9.53 Å². The van der Waals surface area contributed by atoms with E-state index in [4.69, 9.17) is 10.5 Å². The van der Waals surface area contributed by atoms with Crippen LogP contribution in [0.1, 0.15) is 32.4 Å². The summed E-state index contributed by atoms with van der Waals surface area (Å²) in [6, 6.07) is 7.41. The SMILES string of the molecule is CC(C)(C)OC(=O)NC(CN)c1ccc(Br)cc1. The molecule has 0 radical (unpaired) electrons. The highest BCUT2D eigenvalue weighted by Crippen LogP contribution is 2.17. The maximum absolute atomic E-state index is 11.7. The number of benzene rings is 1. The number of hydrogen-bond donors (Lipinski definition) is 2. The lowest BCUT2D eigenvalue weighted by molar-refractivity contribution is 0.0505. The maximum Gasteiger partial charge on any atom is 0.408 e. The molecule has 1 amide bonds. The number of ether oxygens (including phenoxy) is 1. The zero-order chi connectivity index (χ0) is 13.8. The second-order valence-electron chi connectivity index (χ2n) is 4.99. The van der Waals surface area contributed by atoms with Crippen molar-refractivity contribution in [2.45, 2.75) is 32.4 Å². The lowest BCUT2D eigenvalue weighted by atomic mass is 10.1. The summed E-state index contributed by atoms with van der Waals surface area (Å²) >= 11 is 3.36. The average Bonchev–Trinajstić information content (AvgIpc) is 2.25. The van der Waals surface area contributed by atoms with Crippen LogP contribution in [0.3, 0.4) is 0 Å². The van der Waals surface area contributed by atoms with Crippen molar-refractivity contribution in [3.05, 3.63) is 34.3 Å². The number of amides is 1. The Balaban J connectivity index is 2.68. The first-order valence-electron chi connectivity index (χ1n) is 5.77. The molecule has 0 fully saturated rings. The van der Waals surface area contributed by atoms with Crippen LogP contribution in [-0.2, 0) is 4.74 Å². The van der Waals surface area contributed by atoms with Gasteiger partial charge in [-0.2, -0.15) is 0 Å². The normalized spacial score (nSPS) is 12.9. The van der Waals surface area contributed by atoms with E-state index >= 15 is 0 Å². The summed E-state index contributed by atoms with van der Waals surface area (Å²) in [5.74, 6) is 0. The Morgan fingerprint density at radius 1 is 1.39 bits per heavy atom. The van der Waals surface area contributed by atoms with Crippen molar-refractivity contribution in [3.8, 4) is 0 Å². The molecule has 0 aliphatic heterocycles. The summed E-state index contributed by atoms with van der Waals surface area (Å²) in [7, 11) is 0. The van der Waals surface area contributed by atoms with Gasteiger partial charge in [0, 0.05) is 11.0 Å². The molecule has 0 saturated heterocycles. The van der Waals surface area contributed by atoms with E-state index in [0.717, 1.165) is 10.0 Å². The Morgan fingerprint density at radius 2 is 1.94 bits per heavy atom. The molecule has 5 heteroatoms. The predicted molar refractivity (Wildman–Crippen MR) is 75.3 cm³/mol. The van der Waals surface area contributed by atoms with Crippen molar-refractivity contribution in [2.24, 2.45) is 5.73 Å². The summed E-state index contributed by atoms with van der Waals surface area (Å²) in [5, 5.41) is 2.76. The van der Waals surface area contributed by atoms with Crippen LogP contribution in [0.15, 0.2) is 28.7 Å². The number of alkyl carbamates (subject to hydrolysis) is 1. The first-order chi connectivity index (χ1) is 8.31. The van der Waals surface area contributed by atoms with Crippen LogP contribution in [0.5, 0.6) is 0 Å². The zero-order valence-electron chi connectivity index (χ0n) is 10.9. The fourth-order valence-electron chi connectivity index (χ4n) is 1.42. The second-order valence-corrected chi connectivity index (χ2v) is 5.90. The third-order valence-corrected chi connectivity index (χ3v) is 2.73. The average molecular weight is 315 g/mol. The molecule has 0 aromatic heterocycles. The second kappa shape index (κ2) is 6.20. The number of nitrogens with two attached hydrogens (primary N) is 1. The van der Waals surface area contributed by atoms with E-state index in [1.54, 1.807) is 0 Å². The molecule has 3 N–H and O–H groups in total. The highest BCUT2D eigenvalue weighted by Gasteiger charge is 2.19. The number of rotatable bonds is 3. The van der Waals surface area contributed by atoms with Gasteiger partial charge in [0.05, 0.1) is 6.04 Å². The van der Waals surface area contributed by atoms with Crippen molar-refractivity contribution in [3.63, 3.8) is 0 Å². The topological polar surface area (TPSA) is 64.3 Å². The minimum Gasteiger partial charge on any atom is -0.444 e. The first-order valence-corrected chi connectivity index (χ1v) is 6.56. The van der Waals surface area contributed by atoms with Crippen LogP contribution in [0, 0.1) is 0 Å². The Morgan fingerprint density at radius 3 is 2.39 bits per heavy atom. The van der Waals surface area contributed by atoms with E-state index in [1.807, 2.05) is 45.0 Å². The molecule has 0 aliphatic carbocycles. The Bertz CT molecular complexity index is 398. The summed E-state index contributed by atoms with van der Waals surface area (Å²) in [6.45, 7) is 5.79. The van der Waals surface area contributed by atoms with Crippen molar-refractivity contribution in [1.29, 1.82) is 0 Å². The van der Waals surface area contributed by atoms with Crippen LogP contribution in [0.25, 0.3) is 0 Å². The summed E-state index contributed by atoms with van der Waals surface area (Å²) < 4.78 is 6.19. The fraction of sp³-hybridized carbons (Fsp3) is 0.462. The van der Waals surface area contributed by atoms with Gasteiger partial charge >= 0.3 is 6.09 Å². The van der Waals surface area contributed by atoms with Gasteiger partial charge in [-0.3, -0.25) is 0 Å². The van der Waals surface area contributed by atoms with Gasteiger partial charge in [-0.05, 0) is 38.5 Å². The third kappa shape index (κ3) is 5.06. The van der Waals surface area contributed by atoms with E-state index in [0.29, 0.717) is 6.54 Å². The molecule has 0 bridgehead atoms. The highest BCUT2D eigenvalue weighted by atomic mass is 79.9. The molecule has 1 unspecified atom stereocenters. The van der Waals surface area contributed by atoms with Crippen LogP contribution >= 0.6 is 15.9 Å². The number of nitrogens with one attached hydrogen (secondary N) is 1. The number of carbonyl (C=O) groups excluding carboxylic acids is 1. The lowest BCUT2D eigenvalue weighted by Gasteiger charge is -2.23. The van der Waals surface area contributed by atoms with Crippen LogP contribution in [0.2, 0.25) is 0 Å². The van der Waals surface area contributed by atoms with Crippen LogP contribution in [0.4, 0.5) is 4.79 Å². The summed E-state index contributed by atoms with van der Waals surface area (Å²) in [5.41, 5.74) is 6.11. The molecule has 18 heavy (non-hydrogen) atoms. The first kappa shape index (κ1) is 15.0. The molecule has 1 aromatic rings. The Hall–Kier alpha value is -1.07. The largest absolute Gasteiger partial charge is 0.444 e. The quantitative estimate of drug-likeness (QED) is 0.901. The Labute approximate surface area is 116 Å². The molecular formula is C13H19BrN2O2. The van der Waals surface area contributed by atoms with E-state index in [9.17, 15) is 4.79 Å². The lowest BCUT2D eigenvalue weighted by Crippen LogP contribution is -2.37. The molecule has 0 aliphatic rings. The summed E-state index contributed by atoms with van der Waals surface area (Å²) in [6.07, 6.45) is -0.458. The van der Waals surface area contributed by atoms with Crippen molar-refractivity contribution in [2.75, 3.05) is 6.54 Å². The molecule has 0 saturated carbocycles. The molecule has 4 nitrogen and oxygen atoms in total. The minimum absolute atomic E-state index is 0.243. The molecule has 1 atom stereocenters. The maximum atomic E-state index is 11.7. The van der Waals surface area contributed by atoms with Gasteiger partial charge in [-0.15, -0.1) is 0 Å². The van der Waals surface area contributed by atoms with Crippen molar-refractivity contribution in [1.82, 2.24) is 5.32 Å². The molecule has 0 heterocycles. The fourth-order valence-corrected chi connectivity index (χ4v) is 1.69. The number of hydrogen-bond acceptors (Lipinski definition) is 3. The van der Waals surface area contributed by atoms with Crippen LogP contribution < -0.4 is 11.1 Å². The smallest absolute Gasteiger partial charge is 0.408 e. The van der Waals surface area contributed by atoms with Gasteiger partial charge < -0.3 is 15.8 Å². The number of carbonyl (C=O) groups is 1. The Kier molecular flexibility index (Phi) is 5.16. The van der Waals surface area contributed by atoms with Crippen molar-refractivity contribution >= 4 is 22.0 Å². The zero-order valence-corrected chi connectivity index (χ0v) is 12.5. The summed E-state index contributed by atoms with van der Waals surface area (Å²) in [4.78, 5) is 11.7. The van der Waals surface area contributed by atoms with Gasteiger partial charge in [0.25, 0.3) is 0 Å². The molecule has 100 valence electrons. The molecule has 1 aromatic carbocycles. The van der Waals surface area contributed by atoms with Gasteiger partial charge in [0.1, 0.15) is 5.60 Å². The third-order valence-electron chi connectivity index (χ3n) is 2.20. The monoisotopic (exact) mass is 314 g/mol. The highest BCUT2D eigenvalue weighted by molar-refractivity contribution is 9.10. The van der Waals surface area contributed by atoms with Gasteiger partial charge in [0.15, 0.2) is 0 Å². The minimum atomic E-state index is -0.511.